The fourth-order valence-corrected chi connectivity index (χ4v) is 3.19. The highest BCUT2D eigenvalue weighted by Crippen LogP contribution is 2.32. The molecule has 5 N–H and O–H groups in total. The van der Waals surface area contributed by atoms with Crippen LogP contribution in [0.3, 0.4) is 0 Å². The highest BCUT2D eigenvalue weighted by molar-refractivity contribution is 7.99. The summed E-state index contributed by atoms with van der Waals surface area (Å²) in [5, 5.41) is 0. The average molecular weight is 456 g/mol. The van der Waals surface area contributed by atoms with Gasteiger partial charge in [-0.1, -0.05) is 26.8 Å². The molecule has 2 aliphatic heterocycles. The van der Waals surface area contributed by atoms with E-state index in [1.165, 1.54) is 18.6 Å². The van der Waals surface area contributed by atoms with E-state index in [-0.39, 0.29) is 5.60 Å². The summed E-state index contributed by atoms with van der Waals surface area (Å²) in [5.74, 6) is 1.95. The van der Waals surface area contributed by atoms with E-state index in [1.54, 1.807) is 0 Å². The zero-order chi connectivity index (χ0) is 23.9. The van der Waals surface area contributed by atoms with Gasteiger partial charge in [-0.25, -0.2) is 0 Å². The van der Waals surface area contributed by atoms with Gasteiger partial charge in [0.25, 0.3) is 6.47 Å². The molecule has 0 saturated carbocycles. The Morgan fingerprint density at radius 1 is 1.35 bits per heavy atom. The van der Waals surface area contributed by atoms with E-state index in [1.807, 2.05) is 59.7 Å². The second kappa shape index (κ2) is 15.8. The van der Waals surface area contributed by atoms with Crippen LogP contribution in [0.4, 0.5) is 5.69 Å². The Balaban J connectivity index is 0.000000632. The number of anilines is 1. The Hall–Kier alpha value is -1.97. The number of hydrogen-bond acceptors (Lipinski definition) is 9. The summed E-state index contributed by atoms with van der Waals surface area (Å²) in [7, 11) is 2.15. The molecule has 2 heterocycles. The molecule has 0 radical (unpaired) electrons. The van der Waals surface area contributed by atoms with E-state index < -0.39 is 0 Å². The van der Waals surface area contributed by atoms with Gasteiger partial charge in [-0.3, -0.25) is 4.79 Å². The standard InChI is InChI=1S/C13H18N4OS.C5H10O2.C2H7N.C2H6/c1-17-6-5-9(7-17)8-18-11-4-2-3-10-12(11)13(14)16-19-15-10;1-5(2,3)7-4-6;1-2-3;1-2/h2-4,9,15H,5-8H2,1H3,(H2,14,16);4H,1-3H3;2-3H2,1H3;1-2H3. The van der Waals surface area contributed by atoms with Crippen LogP contribution in [0.1, 0.15) is 53.5 Å². The molecule has 0 bridgehead atoms. The molecule has 3 rings (SSSR count). The maximum absolute atomic E-state index is 9.60. The summed E-state index contributed by atoms with van der Waals surface area (Å²) in [6, 6.07) is 5.92. The van der Waals surface area contributed by atoms with E-state index in [0.29, 0.717) is 18.2 Å². The molecule has 1 fully saturated rings. The van der Waals surface area contributed by atoms with Crippen molar-refractivity contribution in [2.45, 2.75) is 53.6 Å². The summed E-state index contributed by atoms with van der Waals surface area (Å²) < 4.78 is 17.8. The topological polar surface area (TPSA) is 115 Å². The highest BCUT2D eigenvalue weighted by Gasteiger charge is 2.22. The second-order valence-corrected chi connectivity index (χ2v) is 8.38. The first kappa shape index (κ1) is 29.0. The lowest BCUT2D eigenvalue weighted by molar-refractivity contribution is -0.138. The van der Waals surface area contributed by atoms with Crippen molar-refractivity contribution >= 4 is 30.1 Å². The SMILES string of the molecule is CC.CC(C)(C)OC=O.CCN.CN1CCC(COc2cccc3c2C(N)=NSN3)C1. The van der Waals surface area contributed by atoms with Crippen LogP contribution < -0.4 is 20.9 Å². The Morgan fingerprint density at radius 3 is 2.48 bits per heavy atom. The van der Waals surface area contributed by atoms with Crippen molar-refractivity contribution in [3.63, 3.8) is 0 Å². The van der Waals surface area contributed by atoms with Crippen LogP contribution in [0.5, 0.6) is 5.75 Å². The molecule has 1 unspecified atom stereocenters. The minimum absolute atomic E-state index is 0.318. The molecule has 31 heavy (non-hydrogen) atoms. The molecule has 1 saturated heterocycles. The van der Waals surface area contributed by atoms with Crippen molar-refractivity contribution in [1.29, 1.82) is 0 Å². The lowest BCUT2D eigenvalue weighted by Crippen LogP contribution is -2.21. The molecule has 2 aliphatic rings. The summed E-state index contributed by atoms with van der Waals surface area (Å²) in [6.07, 6.45) is 1.20. The number of nitrogens with one attached hydrogen (secondary N) is 1. The van der Waals surface area contributed by atoms with E-state index in [0.717, 1.165) is 43.2 Å². The Morgan fingerprint density at radius 2 is 2.00 bits per heavy atom. The first-order chi connectivity index (χ1) is 14.7. The number of hydrogen-bond donors (Lipinski definition) is 3. The maximum atomic E-state index is 9.60. The maximum Gasteiger partial charge on any atom is 0.293 e. The largest absolute Gasteiger partial charge is 0.492 e. The molecule has 8 nitrogen and oxygen atoms in total. The second-order valence-electron chi connectivity index (χ2n) is 7.81. The third kappa shape index (κ3) is 11.9. The fourth-order valence-electron chi connectivity index (χ4n) is 2.68. The number of benzene rings is 1. The molecular weight excluding hydrogens is 414 g/mol. The molecule has 1 aromatic carbocycles. The van der Waals surface area contributed by atoms with Gasteiger partial charge >= 0.3 is 0 Å². The summed E-state index contributed by atoms with van der Waals surface area (Å²) in [4.78, 5) is 11.9. The molecule has 9 heteroatoms. The van der Waals surface area contributed by atoms with Crippen LogP contribution in [0.15, 0.2) is 22.6 Å². The first-order valence-electron chi connectivity index (χ1n) is 10.7. The molecule has 0 amide bonds. The quantitative estimate of drug-likeness (QED) is 0.465. The monoisotopic (exact) mass is 455 g/mol. The highest BCUT2D eigenvalue weighted by atomic mass is 32.2. The van der Waals surface area contributed by atoms with Gasteiger partial charge in [0.15, 0.2) is 0 Å². The minimum Gasteiger partial charge on any atom is -0.492 e. The van der Waals surface area contributed by atoms with Gasteiger partial charge in [0.05, 0.1) is 30.0 Å². The summed E-state index contributed by atoms with van der Waals surface area (Å²) in [6.45, 7) is 15.6. The van der Waals surface area contributed by atoms with Crippen molar-refractivity contribution in [2.24, 2.45) is 21.8 Å². The molecular formula is C22H41N5O3S. The van der Waals surface area contributed by atoms with Crippen LogP contribution in [0.2, 0.25) is 0 Å². The molecule has 178 valence electrons. The molecule has 1 atom stereocenters. The average Bonchev–Trinajstić information content (AvgIpc) is 3.13. The van der Waals surface area contributed by atoms with Crippen LogP contribution in [0, 0.1) is 5.92 Å². The number of carbonyl (C=O) groups excluding carboxylic acids is 1. The third-order valence-electron chi connectivity index (χ3n) is 3.95. The molecule has 0 aromatic heterocycles. The van der Waals surface area contributed by atoms with E-state index in [9.17, 15) is 4.79 Å². The molecule has 0 aliphatic carbocycles. The van der Waals surface area contributed by atoms with Crippen molar-refractivity contribution in [1.82, 2.24) is 4.90 Å². The zero-order valence-electron chi connectivity index (χ0n) is 20.1. The smallest absolute Gasteiger partial charge is 0.293 e. The van der Waals surface area contributed by atoms with E-state index in [2.05, 4.69) is 25.8 Å². The first-order valence-corrected chi connectivity index (χ1v) is 11.5. The van der Waals surface area contributed by atoms with E-state index >= 15 is 0 Å². The Kier molecular flexibility index (Phi) is 14.8. The normalized spacial score (nSPS) is 17.0. The number of carbonyl (C=O) groups is 1. The van der Waals surface area contributed by atoms with Gasteiger partial charge in [0.2, 0.25) is 0 Å². The Labute approximate surface area is 192 Å². The van der Waals surface area contributed by atoms with Crippen LogP contribution in [-0.4, -0.2) is 56.1 Å². The van der Waals surface area contributed by atoms with Crippen molar-refractivity contribution < 1.29 is 14.3 Å². The van der Waals surface area contributed by atoms with Gasteiger partial charge in [-0.2, -0.15) is 4.40 Å². The zero-order valence-corrected chi connectivity index (χ0v) is 20.9. The molecule has 0 spiro atoms. The number of likely N-dealkylation sites (tertiary alicyclic amines) is 1. The van der Waals surface area contributed by atoms with Gasteiger partial charge in [0.1, 0.15) is 17.2 Å². The lowest BCUT2D eigenvalue weighted by atomic mass is 10.1. The van der Waals surface area contributed by atoms with Gasteiger partial charge in [-0.05, 0) is 59.5 Å². The minimum atomic E-state index is -0.318. The predicted octanol–water partition coefficient (Wildman–Crippen LogP) is 3.66. The van der Waals surface area contributed by atoms with Crippen molar-refractivity contribution in [3.8, 4) is 5.75 Å². The number of fused-ring (bicyclic) bond motifs is 1. The number of ether oxygens (including phenoxy) is 2. The van der Waals surface area contributed by atoms with E-state index in [4.69, 9.17) is 16.2 Å². The van der Waals surface area contributed by atoms with Gasteiger partial charge < -0.3 is 30.6 Å². The Bertz CT molecular complexity index is 665. The number of amidine groups is 1. The van der Waals surface area contributed by atoms with Crippen molar-refractivity contribution in [2.75, 3.05) is 38.0 Å². The fraction of sp³-hybridized carbons (Fsp3) is 0.636. The number of nitrogens with two attached hydrogens (primary N) is 2. The number of rotatable bonds is 4. The van der Waals surface area contributed by atoms with Gasteiger partial charge in [0, 0.05) is 12.5 Å². The third-order valence-corrected chi connectivity index (χ3v) is 4.55. The van der Waals surface area contributed by atoms with Crippen LogP contribution in [0.25, 0.3) is 0 Å². The van der Waals surface area contributed by atoms with Crippen LogP contribution >= 0.6 is 12.1 Å². The van der Waals surface area contributed by atoms with Crippen LogP contribution in [-0.2, 0) is 9.53 Å². The number of nitrogens with zero attached hydrogens (tertiary/aromatic N) is 2. The predicted molar refractivity (Wildman–Crippen MR) is 132 cm³/mol. The van der Waals surface area contributed by atoms with Crippen molar-refractivity contribution in [3.05, 3.63) is 23.8 Å². The summed E-state index contributed by atoms with van der Waals surface area (Å²) >= 11 is 1.25. The molecule has 1 aromatic rings. The lowest BCUT2D eigenvalue weighted by Gasteiger charge is -2.19. The van der Waals surface area contributed by atoms with Gasteiger partial charge in [-0.15, -0.1) is 0 Å². The summed E-state index contributed by atoms with van der Waals surface area (Å²) in [5.41, 5.74) is 12.3.